The van der Waals surface area contributed by atoms with Crippen LogP contribution in [0.2, 0.25) is 0 Å². The Morgan fingerprint density at radius 1 is 1.25 bits per heavy atom. The molecule has 0 amide bonds. The van der Waals surface area contributed by atoms with Gasteiger partial charge in [-0.15, -0.1) is 0 Å². The molecule has 0 fully saturated rings. The molecule has 3 rings (SSSR count). The molecule has 0 saturated heterocycles. The van der Waals surface area contributed by atoms with E-state index in [-0.39, 0.29) is 6.04 Å². The first-order valence-corrected chi connectivity index (χ1v) is 6.65. The second-order valence-electron chi connectivity index (χ2n) is 4.79. The number of rotatable bonds is 3. The van der Waals surface area contributed by atoms with Crippen LogP contribution in [0.25, 0.3) is 0 Å². The van der Waals surface area contributed by atoms with Gasteiger partial charge in [0.2, 0.25) is 0 Å². The number of ether oxygens (including phenoxy) is 1. The van der Waals surface area contributed by atoms with Crippen molar-refractivity contribution in [1.82, 2.24) is 0 Å². The third kappa shape index (κ3) is 2.22. The van der Waals surface area contributed by atoms with Gasteiger partial charge in [0.05, 0.1) is 18.3 Å². The number of hydrogen-bond acceptors (Lipinski definition) is 2. The van der Waals surface area contributed by atoms with Crippen molar-refractivity contribution >= 4 is 5.69 Å². The van der Waals surface area contributed by atoms with E-state index < -0.39 is 11.6 Å². The fourth-order valence-electron chi connectivity index (χ4n) is 2.64. The molecule has 0 bridgehead atoms. The first-order valence-electron chi connectivity index (χ1n) is 6.65. The molecule has 1 aliphatic heterocycles. The van der Waals surface area contributed by atoms with Crippen LogP contribution in [0.15, 0.2) is 36.4 Å². The maximum atomic E-state index is 13.8. The Kier molecular flexibility index (Phi) is 3.30. The summed E-state index contributed by atoms with van der Waals surface area (Å²) >= 11 is 0. The minimum absolute atomic E-state index is 0.0935. The number of halogens is 2. The van der Waals surface area contributed by atoms with Crippen LogP contribution in [-0.4, -0.2) is 6.61 Å². The van der Waals surface area contributed by atoms with Crippen molar-refractivity contribution in [2.24, 2.45) is 0 Å². The number of para-hydroxylation sites is 1. The molecule has 1 aliphatic rings. The quantitative estimate of drug-likeness (QED) is 0.911. The molecule has 0 aromatic heterocycles. The van der Waals surface area contributed by atoms with Gasteiger partial charge < -0.3 is 10.1 Å². The topological polar surface area (TPSA) is 21.3 Å². The van der Waals surface area contributed by atoms with Gasteiger partial charge in [0.1, 0.15) is 17.4 Å². The van der Waals surface area contributed by atoms with Gasteiger partial charge >= 0.3 is 0 Å². The van der Waals surface area contributed by atoms with Gasteiger partial charge in [-0.05, 0) is 31.0 Å². The molecular weight excluding hydrogens is 260 g/mol. The summed E-state index contributed by atoms with van der Waals surface area (Å²) in [5, 5.41) is 3.12. The van der Waals surface area contributed by atoms with Crippen molar-refractivity contribution in [2.75, 3.05) is 11.9 Å². The van der Waals surface area contributed by atoms with Crippen molar-refractivity contribution in [2.45, 2.75) is 19.4 Å². The zero-order chi connectivity index (χ0) is 14.1. The molecule has 4 heteroatoms. The standard InChI is InChI=1S/C16H15F2NO/c1-2-20-15-6-4-3-5-12(15)14-8-10-7-11(17)9-13(18)16(10)19-14/h3-7,9,14,19H,2,8H2,1H3. The molecule has 1 atom stereocenters. The van der Waals surface area contributed by atoms with Crippen molar-refractivity contribution in [3.8, 4) is 5.75 Å². The number of hydrogen-bond donors (Lipinski definition) is 1. The molecule has 20 heavy (non-hydrogen) atoms. The van der Waals surface area contributed by atoms with E-state index in [0.29, 0.717) is 24.3 Å². The smallest absolute Gasteiger partial charge is 0.149 e. The third-order valence-corrected chi connectivity index (χ3v) is 3.47. The van der Waals surface area contributed by atoms with Crippen molar-refractivity contribution < 1.29 is 13.5 Å². The number of anilines is 1. The number of benzene rings is 2. The first-order chi connectivity index (χ1) is 9.69. The minimum Gasteiger partial charge on any atom is -0.494 e. The molecule has 1 N–H and O–H groups in total. The fourth-order valence-corrected chi connectivity index (χ4v) is 2.64. The average Bonchev–Trinajstić information content (AvgIpc) is 2.83. The maximum Gasteiger partial charge on any atom is 0.149 e. The van der Waals surface area contributed by atoms with E-state index in [1.807, 2.05) is 31.2 Å². The predicted molar refractivity (Wildman–Crippen MR) is 74.0 cm³/mol. The minimum atomic E-state index is -0.545. The summed E-state index contributed by atoms with van der Waals surface area (Å²) in [5.74, 6) is -0.306. The van der Waals surface area contributed by atoms with E-state index in [4.69, 9.17) is 4.74 Å². The zero-order valence-electron chi connectivity index (χ0n) is 11.1. The lowest BCUT2D eigenvalue weighted by Gasteiger charge is -2.16. The highest BCUT2D eigenvalue weighted by atomic mass is 19.1. The molecule has 2 aromatic rings. The summed E-state index contributed by atoms with van der Waals surface area (Å²) in [4.78, 5) is 0. The summed E-state index contributed by atoms with van der Waals surface area (Å²) in [6, 6.07) is 9.85. The molecule has 0 saturated carbocycles. The average molecular weight is 275 g/mol. The van der Waals surface area contributed by atoms with Crippen LogP contribution >= 0.6 is 0 Å². The number of nitrogens with one attached hydrogen (secondary N) is 1. The van der Waals surface area contributed by atoms with Gasteiger partial charge in [-0.1, -0.05) is 18.2 Å². The van der Waals surface area contributed by atoms with Gasteiger partial charge in [0.15, 0.2) is 0 Å². The van der Waals surface area contributed by atoms with E-state index in [9.17, 15) is 8.78 Å². The summed E-state index contributed by atoms with van der Waals surface area (Å²) < 4.78 is 32.6. The van der Waals surface area contributed by atoms with Gasteiger partial charge in [-0.3, -0.25) is 0 Å². The lowest BCUT2D eigenvalue weighted by atomic mass is 10.0. The van der Waals surface area contributed by atoms with Gasteiger partial charge in [0.25, 0.3) is 0 Å². The number of fused-ring (bicyclic) bond motifs is 1. The van der Waals surface area contributed by atoms with E-state index in [1.54, 1.807) is 0 Å². The third-order valence-electron chi connectivity index (χ3n) is 3.47. The SMILES string of the molecule is CCOc1ccccc1C1Cc2cc(F)cc(F)c2N1. The Morgan fingerprint density at radius 3 is 2.85 bits per heavy atom. The monoisotopic (exact) mass is 275 g/mol. The highest BCUT2D eigenvalue weighted by molar-refractivity contribution is 5.60. The highest BCUT2D eigenvalue weighted by Gasteiger charge is 2.27. The molecule has 2 aromatic carbocycles. The molecule has 2 nitrogen and oxygen atoms in total. The Hall–Kier alpha value is -2.10. The molecule has 0 aliphatic carbocycles. The lowest BCUT2D eigenvalue weighted by molar-refractivity contribution is 0.335. The van der Waals surface area contributed by atoms with E-state index >= 15 is 0 Å². The zero-order valence-corrected chi connectivity index (χ0v) is 11.1. The second-order valence-corrected chi connectivity index (χ2v) is 4.79. The van der Waals surface area contributed by atoms with Crippen LogP contribution in [0.1, 0.15) is 24.1 Å². The fraction of sp³-hybridized carbons (Fsp3) is 0.250. The Bertz CT molecular complexity index is 642. The summed E-state index contributed by atoms with van der Waals surface area (Å²) in [7, 11) is 0. The largest absolute Gasteiger partial charge is 0.494 e. The maximum absolute atomic E-state index is 13.8. The molecule has 0 spiro atoms. The molecule has 0 radical (unpaired) electrons. The van der Waals surface area contributed by atoms with Crippen molar-refractivity contribution in [3.63, 3.8) is 0 Å². The van der Waals surface area contributed by atoms with Crippen LogP contribution < -0.4 is 10.1 Å². The molecule has 1 unspecified atom stereocenters. The van der Waals surface area contributed by atoms with Gasteiger partial charge in [-0.25, -0.2) is 8.78 Å². The van der Waals surface area contributed by atoms with E-state index in [0.717, 1.165) is 17.4 Å². The predicted octanol–water partition coefficient (Wildman–Crippen LogP) is 4.07. The highest BCUT2D eigenvalue weighted by Crippen LogP contribution is 2.39. The van der Waals surface area contributed by atoms with E-state index in [1.165, 1.54) is 6.07 Å². The van der Waals surface area contributed by atoms with Crippen molar-refractivity contribution in [3.05, 3.63) is 59.2 Å². The molecule has 104 valence electrons. The Morgan fingerprint density at radius 2 is 2.05 bits per heavy atom. The second kappa shape index (κ2) is 5.12. The van der Waals surface area contributed by atoms with Crippen LogP contribution in [0.3, 0.4) is 0 Å². The Balaban J connectivity index is 1.94. The van der Waals surface area contributed by atoms with Gasteiger partial charge in [0, 0.05) is 11.6 Å². The first kappa shape index (κ1) is 12.9. The van der Waals surface area contributed by atoms with Crippen LogP contribution in [0, 0.1) is 11.6 Å². The molecular formula is C16H15F2NO. The lowest BCUT2D eigenvalue weighted by Crippen LogP contribution is -2.08. The summed E-state index contributed by atoms with van der Waals surface area (Å²) in [6.45, 7) is 2.49. The Labute approximate surface area is 116 Å². The summed E-state index contributed by atoms with van der Waals surface area (Å²) in [5.41, 5.74) is 2.02. The van der Waals surface area contributed by atoms with Gasteiger partial charge in [-0.2, -0.15) is 0 Å². The van der Waals surface area contributed by atoms with Crippen LogP contribution in [0.5, 0.6) is 5.75 Å². The molecule has 1 heterocycles. The van der Waals surface area contributed by atoms with Crippen LogP contribution in [0.4, 0.5) is 14.5 Å². The van der Waals surface area contributed by atoms with Crippen molar-refractivity contribution in [1.29, 1.82) is 0 Å². The summed E-state index contributed by atoms with van der Waals surface area (Å²) in [6.07, 6.45) is 0.550. The normalized spacial score (nSPS) is 16.6. The van der Waals surface area contributed by atoms with Crippen LogP contribution in [-0.2, 0) is 6.42 Å². The van der Waals surface area contributed by atoms with E-state index in [2.05, 4.69) is 5.32 Å².